The predicted octanol–water partition coefficient (Wildman–Crippen LogP) is 1.12. The molecule has 1 rings (SSSR count). The van der Waals surface area contributed by atoms with Crippen molar-refractivity contribution in [2.45, 2.75) is 31.8 Å². The first-order valence-electron chi connectivity index (χ1n) is 5.97. The number of hydrogen-bond acceptors (Lipinski definition) is 3. The summed E-state index contributed by atoms with van der Waals surface area (Å²) >= 11 is 3.36. The molecule has 0 aliphatic rings. The fourth-order valence-corrected chi connectivity index (χ4v) is 1.95. The van der Waals surface area contributed by atoms with Gasteiger partial charge in [-0.05, 0) is 31.0 Å². The van der Waals surface area contributed by atoms with Gasteiger partial charge in [0.2, 0.25) is 11.8 Å². The van der Waals surface area contributed by atoms with Crippen molar-refractivity contribution in [3.05, 3.63) is 34.3 Å². The Morgan fingerprint density at radius 3 is 2.35 bits per heavy atom. The van der Waals surface area contributed by atoms with Gasteiger partial charge < -0.3 is 16.8 Å². The van der Waals surface area contributed by atoms with Crippen LogP contribution in [-0.4, -0.2) is 23.9 Å². The first-order chi connectivity index (χ1) is 8.88. The van der Waals surface area contributed by atoms with Crippen LogP contribution in [0.25, 0.3) is 0 Å². The normalized spacial score (nSPS) is 12.9. The van der Waals surface area contributed by atoms with E-state index in [4.69, 9.17) is 11.5 Å². The first kappa shape index (κ1) is 18.9. The van der Waals surface area contributed by atoms with E-state index in [1.54, 1.807) is 0 Å². The minimum Gasteiger partial charge on any atom is -0.370 e. The van der Waals surface area contributed by atoms with Gasteiger partial charge in [0, 0.05) is 10.5 Å². The quantitative estimate of drug-likeness (QED) is 0.705. The minimum atomic E-state index is -0.884. The van der Waals surface area contributed by atoms with Crippen molar-refractivity contribution in [1.82, 2.24) is 5.32 Å². The molecular formula is C13H19BrClN3O2. The van der Waals surface area contributed by atoms with Crippen LogP contribution in [0.3, 0.4) is 0 Å². The summed E-state index contributed by atoms with van der Waals surface area (Å²) in [6, 6.07) is 6.91. The zero-order chi connectivity index (χ0) is 14.4. The monoisotopic (exact) mass is 363 g/mol. The number of halogens is 2. The molecule has 0 aromatic heterocycles. The zero-order valence-corrected chi connectivity index (χ0v) is 13.5. The van der Waals surface area contributed by atoms with Crippen LogP contribution in [0.5, 0.6) is 0 Å². The average Bonchev–Trinajstić information content (AvgIpc) is 2.31. The highest BCUT2D eigenvalue weighted by molar-refractivity contribution is 9.10. The molecule has 2 amide bonds. The topological polar surface area (TPSA) is 98.2 Å². The van der Waals surface area contributed by atoms with E-state index < -0.39 is 11.9 Å². The number of hydrogen-bond donors (Lipinski definition) is 3. The molecule has 0 aliphatic carbocycles. The molecule has 20 heavy (non-hydrogen) atoms. The molecule has 2 unspecified atom stereocenters. The third-order valence-electron chi connectivity index (χ3n) is 2.60. The van der Waals surface area contributed by atoms with Gasteiger partial charge >= 0.3 is 0 Å². The van der Waals surface area contributed by atoms with Crippen LogP contribution in [0.4, 0.5) is 0 Å². The lowest BCUT2D eigenvalue weighted by Crippen LogP contribution is -2.46. The summed E-state index contributed by atoms with van der Waals surface area (Å²) in [6.07, 6.45) is 0.555. The van der Waals surface area contributed by atoms with Crippen molar-refractivity contribution in [3.63, 3.8) is 0 Å². The maximum atomic E-state index is 11.7. The first-order valence-corrected chi connectivity index (χ1v) is 6.76. The van der Waals surface area contributed by atoms with Crippen LogP contribution in [0, 0.1) is 0 Å². The number of nitrogens with two attached hydrogens (primary N) is 2. The van der Waals surface area contributed by atoms with Gasteiger partial charge in [0.05, 0.1) is 12.5 Å². The highest BCUT2D eigenvalue weighted by Gasteiger charge is 2.17. The van der Waals surface area contributed by atoms with Crippen molar-refractivity contribution < 1.29 is 9.59 Å². The summed E-state index contributed by atoms with van der Waals surface area (Å²) in [5.74, 6) is -0.938. The van der Waals surface area contributed by atoms with E-state index in [0.29, 0.717) is 6.42 Å². The Hall–Kier alpha value is -1.11. The van der Waals surface area contributed by atoms with E-state index in [9.17, 15) is 9.59 Å². The number of carbonyl (C=O) groups excluding carboxylic acids is 2. The van der Waals surface area contributed by atoms with E-state index in [1.165, 1.54) is 0 Å². The highest BCUT2D eigenvalue weighted by atomic mass is 79.9. The van der Waals surface area contributed by atoms with Gasteiger partial charge in [-0.1, -0.05) is 28.1 Å². The minimum absolute atomic E-state index is 0. The van der Waals surface area contributed by atoms with Crippen LogP contribution < -0.4 is 16.8 Å². The van der Waals surface area contributed by atoms with Crippen LogP contribution >= 0.6 is 28.3 Å². The molecular weight excluding hydrogens is 346 g/mol. The molecule has 0 heterocycles. The lowest BCUT2D eigenvalue weighted by Gasteiger charge is -2.17. The second-order valence-electron chi connectivity index (χ2n) is 4.52. The van der Waals surface area contributed by atoms with E-state index >= 15 is 0 Å². The Kier molecular flexibility index (Phi) is 8.45. The highest BCUT2D eigenvalue weighted by Crippen LogP contribution is 2.11. The van der Waals surface area contributed by atoms with Crippen LogP contribution in [0.1, 0.15) is 18.9 Å². The summed E-state index contributed by atoms with van der Waals surface area (Å²) < 4.78 is 1.01. The predicted molar refractivity (Wildman–Crippen MR) is 84.5 cm³/mol. The number of amides is 2. The largest absolute Gasteiger partial charge is 0.370 e. The maximum absolute atomic E-state index is 11.7. The Morgan fingerprint density at radius 1 is 1.30 bits per heavy atom. The summed E-state index contributed by atoms with van der Waals surface area (Å²) in [4.78, 5) is 22.4. The molecule has 5 N–H and O–H groups in total. The molecule has 0 bridgehead atoms. The van der Waals surface area contributed by atoms with Crippen LogP contribution in [0.2, 0.25) is 0 Å². The van der Waals surface area contributed by atoms with Gasteiger partial charge in [-0.3, -0.25) is 9.59 Å². The number of primary amides is 1. The average molecular weight is 365 g/mol. The molecule has 2 atom stereocenters. The van der Waals surface area contributed by atoms with Crippen LogP contribution in [-0.2, 0) is 16.0 Å². The van der Waals surface area contributed by atoms with E-state index in [1.807, 2.05) is 31.2 Å². The van der Waals surface area contributed by atoms with Gasteiger partial charge in [0.15, 0.2) is 0 Å². The molecule has 7 heteroatoms. The molecule has 0 fully saturated rings. The third-order valence-corrected chi connectivity index (χ3v) is 3.13. The number of benzene rings is 1. The molecule has 0 aliphatic heterocycles. The lowest BCUT2D eigenvalue weighted by molar-refractivity contribution is -0.126. The van der Waals surface area contributed by atoms with Crippen molar-refractivity contribution in [2.24, 2.45) is 11.5 Å². The SMILES string of the molecule is CC(Cc1ccc(Br)cc1)NC(=O)C(N)CC(N)=O.Cl. The summed E-state index contributed by atoms with van der Waals surface area (Å²) in [6.45, 7) is 1.89. The lowest BCUT2D eigenvalue weighted by atomic mass is 10.1. The smallest absolute Gasteiger partial charge is 0.237 e. The summed E-state index contributed by atoms with van der Waals surface area (Å²) in [7, 11) is 0. The Morgan fingerprint density at radius 2 is 1.85 bits per heavy atom. The Balaban J connectivity index is 0.00000361. The van der Waals surface area contributed by atoms with E-state index in [0.717, 1.165) is 10.0 Å². The van der Waals surface area contributed by atoms with E-state index in [2.05, 4.69) is 21.2 Å². The fraction of sp³-hybridized carbons (Fsp3) is 0.385. The standard InChI is InChI=1S/C13H18BrN3O2.ClH/c1-8(6-9-2-4-10(14)5-3-9)17-13(19)11(15)7-12(16)18;/h2-5,8,11H,6-7,15H2,1H3,(H2,16,18)(H,17,19);1H. The Bertz CT molecular complexity index is 453. The molecule has 5 nitrogen and oxygen atoms in total. The summed E-state index contributed by atoms with van der Waals surface area (Å²) in [5, 5.41) is 2.76. The maximum Gasteiger partial charge on any atom is 0.237 e. The second-order valence-corrected chi connectivity index (χ2v) is 5.43. The third kappa shape index (κ3) is 6.88. The van der Waals surface area contributed by atoms with Gasteiger partial charge in [-0.25, -0.2) is 0 Å². The molecule has 0 radical (unpaired) electrons. The van der Waals surface area contributed by atoms with Gasteiger partial charge in [0.1, 0.15) is 0 Å². The summed E-state index contributed by atoms with van der Waals surface area (Å²) in [5.41, 5.74) is 11.7. The van der Waals surface area contributed by atoms with Crippen molar-refractivity contribution in [2.75, 3.05) is 0 Å². The van der Waals surface area contributed by atoms with Crippen LogP contribution in [0.15, 0.2) is 28.7 Å². The zero-order valence-electron chi connectivity index (χ0n) is 11.1. The van der Waals surface area contributed by atoms with E-state index in [-0.39, 0.29) is 30.8 Å². The molecule has 1 aromatic rings. The molecule has 0 saturated carbocycles. The van der Waals surface area contributed by atoms with Gasteiger partial charge in [-0.2, -0.15) is 0 Å². The second kappa shape index (κ2) is 8.94. The van der Waals surface area contributed by atoms with Crippen molar-refractivity contribution >= 4 is 40.2 Å². The number of carbonyl (C=O) groups is 2. The fourth-order valence-electron chi connectivity index (χ4n) is 1.68. The van der Waals surface area contributed by atoms with Gasteiger partial charge in [0.25, 0.3) is 0 Å². The molecule has 0 saturated heterocycles. The molecule has 0 spiro atoms. The Labute approximate surface area is 133 Å². The number of nitrogens with one attached hydrogen (secondary N) is 1. The molecule has 1 aromatic carbocycles. The van der Waals surface area contributed by atoms with Crippen molar-refractivity contribution in [1.29, 1.82) is 0 Å². The molecule has 112 valence electrons. The van der Waals surface area contributed by atoms with Crippen molar-refractivity contribution in [3.8, 4) is 0 Å². The van der Waals surface area contributed by atoms with Gasteiger partial charge in [-0.15, -0.1) is 12.4 Å². The number of rotatable bonds is 6.